The van der Waals surface area contributed by atoms with Crippen LogP contribution in [0, 0.1) is 0 Å². The van der Waals surface area contributed by atoms with Crippen LogP contribution < -0.4 is 23.7 Å². The Kier molecular flexibility index (Phi) is 7.67. The minimum atomic E-state index is -0.379. The van der Waals surface area contributed by atoms with Crippen molar-refractivity contribution in [1.29, 1.82) is 0 Å². The molecular weight excluding hydrogens is 474 g/mol. The molecule has 37 heavy (non-hydrogen) atoms. The number of ether oxygens (including phenoxy) is 5. The molecule has 0 aromatic heterocycles. The maximum atomic E-state index is 13.8. The second-order valence-electron chi connectivity index (χ2n) is 8.25. The Balaban J connectivity index is 1.77. The fraction of sp³-hybridized carbons (Fsp3) is 0.241. The van der Waals surface area contributed by atoms with Crippen LogP contribution in [-0.2, 0) is 16.0 Å². The van der Waals surface area contributed by atoms with Gasteiger partial charge in [0.2, 0.25) is 0 Å². The number of benzene rings is 3. The van der Waals surface area contributed by atoms with Crippen molar-refractivity contribution in [3.63, 3.8) is 0 Å². The van der Waals surface area contributed by atoms with E-state index in [4.69, 9.17) is 23.7 Å². The Labute approximate surface area is 216 Å². The first-order valence-corrected chi connectivity index (χ1v) is 11.6. The van der Waals surface area contributed by atoms with Crippen LogP contribution in [0.3, 0.4) is 0 Å². The molecule has 0 spiro atoms. The Morgan fingerprint density at radius 2 is 1.03 bits per heavy atom. The minimum Gasteiger partial charge on any atom is -0.497 e. The number of rotatable bonds is 10. The van der Waals surface area contributed by atoms with Crippen molar-refractivity contribution < 1.29 is 33.3 Å². The monoisotopic (exact) mass is 503 g/mol. The van der Waals surface area contributed by atoms with E-state index in [2.05, 4.69) is 0 Å². The number of carbonyl (C=O) groups is 2. The molecular formula is C29H29NO7. The molecule has 0 fully saturated rings. The number of hydrogen-bond acceptors (Lipinski definition) is 7. The largest absolute Gasteiger partial charge is 0.497 e. The average molecular weight is 504 g/mol. The lowest BCUT2D eigenvalue weighted by Gasteiger charge is -2.16. The van der Waals surface area contributed by atoms with E-state index in [9.17, 15) is 9.59 Å². The van der Waals surface area contributed by atoms with Crippen molar-refractivity contribution in [2.24, 2.45) is 0 Å². The molecule has 0 saturated carbocycles. The second-order valence-corrected chi connectivity index (χ2v) is 8.25. The topological polar surface area (TPSA) is 83.5 Å². The molecule has 1 heterocycles. The molecule has 2 amide bonds. The lowest BCUT2D eigenvalue weighted by molar-refractivity contribution is -0.135. The number of carbonyl (C=O) groups excluding carboxylic acids is 2. The Hall–Kier alpha value is -4.46. The van der Waals surface area contributed by atoms with E-state index in [0.717, 1.165) is 11.3 Å². The Morgan fingerprint density at radius 1 is 0.568 bits per heavy atom. The van der Waals surface area contributed by atoms with Gasteiger partial charge < -0.3 is 23.7 Å². The Bertz CT molecular complexity index is 1270. The molecule has 3 aromatic carbocycles. The van der Waals surface area contributed by atoms with Gasteiger partial charge in [0, 0.05) is 6.54 Å². The molecule has 0 N–H and O–H groups in total. The van der Waals surface area contributed by atoms with Crippen molar-refractivity contribution in [3.8, 4) is 28.7 Å². The van der Waals surface area contributed by atoms with Crippen LogP contribution in [0.15, 0.2) is 60.7 Å². The summed E-state index contributed by atoms with van der Waals surface area (Å²) in [5.74, 6) is 1.93. The van der Waals surface area contributed by atoms with Crippen LogP contribution in [-0.4, -0.2) is 58.8 Å². The molecule has 0 aliphatic carbocycles. The van der Waals surface area contributed by atoms with Crippen LogP contribution in [0.25, 0.3) is 11.1 Å². The van der Waals surface area contributed by atoms with Crippen molar-refractivity contribution >= 4 is 23.0 Å². The van der Waals surface area contributed by atoms with E-state index in [0.29, 0.717) is 40.5 Å². The van der Waals surface area contributed by atoms with Crippen molar-refractivity contribution in [2.75, 3.05) is 42.1 Å². The van der Waals surface area contributed by atoms with Crippen molar-refractivity contribution in [2.45, 2.75) is 6.42 Å². The highest BCUT2D eigenvalue weighted by atomic mass is 16.5. The van der Waals surface area contributed by atoms with E-state index in [-0.39, 0.29) is 29.5 Å². The molecule has 1 aliphatic rings. The summed E-state index contributed by atoms with van der Waals surface area (Å²) in [7, 11) is 7.73. The summed E-state index contributed by atoms with van der Waals surface area (Å²) in [6, 6.07) is 17.9. The molecule has 3 aromatic rings. The van der Waals surface area contributed by atoms with Gasteiger partial charge in [-0.1, -0.05) is 24.3 Å². The first-order chi connectivity index (χ1) is 17.9. The fourth-order valence-electron chi connectivity index (χ4n) is 4.33. The SMILES string of the molecule is COc1ccc(CCN2C(=O)C(c3ccc(OC)c(OC)c3)=C(c3ccc(OC)c(OC)c3)C2=O)cc1. The van der Waals surface area contributed by atoms with E-state index >= 15 is 0 Å². The van der Waals surface area contributed by atoms with Gasteiger partial charge in [-0.3, -0.25) is 14.5 Å². The van der Waals surface area contributed by atoms with E-state index < -0.39 is 0 Å². The molecule has 0 saturated heterocycles. The van der Waals surface area contributed by atoms with Crippen LogP contribution in [0.1, 0.15) is 16.7 Å². The number of methoxy groups -OCH3 is 5. The summed E-state index contributed by atoms with van der Waals surface area (Å²) >= 11 is 0. The highest BCUT2D eigenvalue weighted by molar-refractivity contribution is 6.49. The molecule has 0 atom stereocenters. The molecule has 0 radical (unpaired) electrons. The third kappa shape index (κ3) is 4.95. The van der Waals surface area contributed by atoms with Crippen LogP contribution >= 0.6 is 0 Å². The molecule has 4 rings (SSSR count). The van der Waals surface area contributed by atoms with Gasteiger partial charge in [0.15, 0.2) is 23.0 Å². The van der Waals surface area contributed by atoms with E-state index in [1.165, 1.54) is 33.3 Å². The Morgan fingerprint density at radius 3 is 1.43 bits per heavy atom. The summed E-state index contributed by atoms with van der Waals surface area (Å²) in [4.78, 5) is 28.8. The van der Waals surface area contributed by atoms with Crippen LogP contribution in [0.4, 0.5) is 0 Å². The number of imide groups is 1. The van der Waals surface area contributed by atoms with Gasteiger partial charge in [0.05, 0.1) is 46.7 Å². The van der Waals surface area contributed by atoms with E-state index in [1.807, 2.05) is 24.3 Å². The molecule has 8 nitrogen and oxygen atoms in total. The smallest absolute Gasteiger partial charge is 0.262 e. The van der Waals surface area contributed by atoms with Gasteiger partial charge >= 0.3 is 0 Å². The zero-order valence-electron chi connectivity index (χ0n) is 21.5. The highest BCUT2D eigenvalue weighted by Gasteiger charge is 2.39. The lowest BCUT2D eigenvalue weighted by Crippen LogP contribution is -2.33. The van der Waals surface area contributed by atoms with Crippen molar-refractivity contribution in [1.82, 2.24) is 4.90 Å². The van der Waals surface area contributed by atoms with Crippen molar-refractivity contribution in [3.05, 3.63) is 77.4 Å². The highest BCUT2D eigenvalue weighted by Crippen LogP contribution is 2.41. The van der Waals surface area contributed by atoms with Gasteiger partial charge in [0.25, 0.3) is 11.8 Å². The zero-order chi connectivity index (χ0) is 26.5. The predicted molar refractivity (Wildman–Crippen MR) is 139 cm³/mol. The maximum absolute atomic E-state index is 13.8. The fourth-order valence-corrected chi connectivity index (χ4v) is 4.33. The second kappa shape index (κ2) is 11.1. The van der Waals surface area contributed by atoms with Gasteiger partial charge in [-0.05, 0) is 59.5 Å². The van der Waals surface area contributed by atoms with Crippen LogP contribution in [0.5, 0.6) is 28.7 Å². The maximum Gasteiger partial charge on any atom is 0.262 e. The summed E-state index contributed by atoms with van der Waals surface area (Å²) < 4.78 is 26.8. The molecule has 192 valence electrons. The molecule has 0 bridgehead atoms. The van der Waals surface area contributed by atoms with Crippen LogP contribution in [0.2, 0.25) is 0 Å². The normalized spacial score (nSPS) is 13.2. The minimum absolute atomic E-state index is 0.220. The number of nitrogens with zero attached hydrogens (tertiary/aromatic N) is 1. The standard InChI is InChI=1S/C29H29NO7/c1-33-21-10-6-18(7-11-21)14-15-30-28(31)26(19-8-12-22(34-2)24(16-19)36-4)27(29(30)32)20-9-13-23(35-3)25(17-20)37-5/h6-13,16-17H,14-15H2,1-5H3. The summed E-state index contributed by atoms with van der Waals surface area (Å²) in [6.07, 6.45) is 0.500. The average Bonchev–Trinajstić information content (AvgIpc) is 3.20. The van der Waals surface area contributed by atoms with Gasteiger partial charge in [-0.2, -0.15) is 0 Å². The summed E-state index contributed by atoms with van der Waals surface area (Å²) in [5, 5.41) is 0. The zero-order valence-corrected chi connectivity index (χ0v) is 21.5. The quantitative estimate of drug-likeness (QED) is 0.383. The van der Waals surface area contributed by atoms with Gasteiger partial charge in [-0.15, -0.1) is 0 Å². The summed E-state index contributed by atoms with van der Waals surface area (Å²) in [5.41, 5.74) is 2.65. The van der Waals surface area contributed by atoms with E-state index in [1.54, 1.807) is 43.5 Å². The molecule has 1 aliphatic heterocycles. The first-order valence-electron chi connectivity index (χ1n) is 11.6. The van der Waals surface area contributed by atoms with Gasteiger partial charge in [-0.25, -0.2) is 0 Å². The number of amides is 2. The first kappa shape index (κ1) is 25.6. The molecule has 0 unspecified atom stereocenters. The number of hydrogen-bond donors (Lipinski definition) is 0. The third-order valence-corrected chi connectivity index (χ3v) is 6.30. The third-order valence-electron chi connectivity index (χ3n) is 6.30. The summed E-state index contributed by atoms with van der Waals surface area (Å²) in [6.45, 7) is 0.220. The molecule has 8 heteroatoms. The predicted octanol–water partition coefficient (Wildman–Crippen LogP) is 4.25. The van der Waals surface area contributed by atoms with Gasteiger partial charge in [0.1, 0.15) is 5.75 Å². The lowest BCUT2D eigenvalue weighted by atomic mass is 9.95.